The van der Waals surface area contributed by atoms with E-state index in [0.29, 0.717) is 24.2 Å². The van der Waals surface area contributed by atoms with E-state index in [9.17, 15) is 4.79 Å². The molecule has 0 aromatic carbocycles. The minimum Gasteiger partial charge on any atom is -0.395 e. The van der Waals surface area contributed by atoms with Gasteiger partial charge >= 0.3 is 0 Å². The van der Waals surface area contributed by atoms with E-state index in [1.54, 1.807) is 18.3 Å². The lowest BCUT2D eigenvalue weighted by Crippen LogP contribution is -2.40. The number of amides is 1. The number of aromatic nitrogens is 1. The summed E-state index contributed by atoms with van der Waals surface area (Å²) in [5.74, 6) is 5.43. The molecule has 5 nitrogen and oxygen atoms in total. The van der Waals surface area contributed by atoms with Crippen LogP contribution in [0.2, 0.25) is 0 Å². The molecular weight excluding hydrogens is 268 g/mol. The van der Waals surface area contributed by atoms with Crippen LogP contribution in [0.1, 0.15) is 42.2 Å². The fourth-order valence-electron chi connectivity index (χ4n) is 2.23. The number of carbonyl (C=O) groups excluding carboxylic acids is 1. The van der Waals surface area contributed by atoms with Crippen molar-refractivity contribution in [1.82, 2.24) is 10.3 Å². The van der Waals surface area contributed by atoms with Gasteiger partial charge < -0.3 is 15.2 Å². The summed E-state index contributed by atoms with van der Waals surface area (Å²) in [6.07, 6.45) is 3.91. The number of nitrogens with one attached hydrogen (secondary N) is 1. The molecule has 1 aromatic heterocycles. The van der Waals surface area contributed by atoms with Crippen molar-refractivity contribution in [2.45, 2.75) is 31.8 Å². The molecule has 1 aromatic rings. The van der Waals surface area contributed by atoms with Gasteiger partial charge in [-0.3, -0.25) is 4.79 Å². The topological polar surface area (TPSA) is 71.5 Å². The highest BCUT2D eigenvalue weighted by atomic mass is 16.5. The van der Waals surface area contributed by atoms with Crippen LogP contribution < -0.4 is 5.32 Å². The maximum Gasteiger partial charge on any atom is 0.271 e. The number of aliphatic hydroxyl groups excluding tert-OH is 1. The number of hydrogen-bond donors (Lipinski definition) is 2. The van der Waals surface area contributed by atoms with Crippen LogP contribution in [0.25, 0.3) is 0 Å². The van der Waals surface area contributed by atoms with Crippen molar-refractivity contribution in [2.24, 2.45) is 0 Å². The molecule has 0 aliphatic carbocycles. The first-order valence-electron chi connectivity index (χ1n) is 7.11. The van der Waals surface area contributed by atoms with Gasteiger partial charge in [0.15, 0.2) is 0 Å². The second-order valence-electron chi connectivity index (χ2n) is 5.26. The van der Waals surface area contributed by atoms with Gasteiger partial charge in [-0.05, 0) is 31.9 Å². The standard InChI is InChI=1S/C16H20N2O3/c1-16(8-5-11-21-16)12-18-15(20)14-13(6-2-3-10-19)7-4-9-17-14/h4,7,9,19H,3,5,8,10-12H2,1H3,(H,18,20). The molecule has 1 aliphatic rings. The van der Waals surface area contributed by atoms with E-state index in [2.05, 4.69) is 22.1 Å². The Morgan fingerprint density at radius 3 is 3.19 bits per heavy atom. The van der Waals surface area contributed by atoms with Crippen LogP contribution in [-0.4, -0.2) is 41.4 Å². The maximum atomic E-state index is 12.3. The van der Waals surface area contributed by atoms with Crippen molar-refractivity contribution >= 4 is 5.91 Å². The molecule has 0 radical (unpaired) electrons. The lowest BCUT2D eigenvalue weighted by atomic mass is 10.0. The van der Waals surface area contributed by atoms with Crippen LogP contribution in [0.3, 0.4) is 0 Å². The van der Waals surface area contributed by atoms with Crippen LogP contribution in [0.4, 0.5) is 0 Å². The molecule has 21 heavy (non-hydrogen) atoms. The minimum absolute atomic E-state index is 0.00445. The average molecular weight is 288 g/mol. The molecule has 5 heteroatoms. The highest BCUT2D eigenvalue weighted by Gasteiger charge is 2.30. The van der Waals surface area contributed by atoms with Gasteiger partial charge in [0, 0.05) is 25.8 Å². The molecule has 1 amide bonds. The van der Waals surface area contributed by atoms with Crippen molar-refractivity contribution in [3.05, 3.63) is 29.6 Å². The Balaban J connectivity index is 2.03. The Kier molecular flexibility index (Phi) is 5.32. The molecule has 2 rings (SSSR count). The summed E-state index contributed by atoms with van der Waals surface area (Å²) in [7, 11) is 0. The molecule has 1 atom stereocenters. The third-order valence-corrected chi connectivity index (χ3v) is 3.41. The number of nitrogens with zero attached hydrogens (tertiary/aromatic N) is 1. The summed E-state index contributed by atoms with van der Waals surface area (Å²) in [4.78, 5) is 16.4. The maximum absolute atomic E-state index is 12.3. The quantitative estimate of drug-likeness (QED) is 0.814. The molecular formula is C16H20N2O3. The number of ether oxygens (including phenoxy) is 1. The molecule has 1 aliphatic heterocycles. The van der Waals surface area contributed by atoms with Crippen molar-refractivity contribution in [1.29, 1.82) is 0 Å². The molecule has 112 valence electrons. The Labute approximate surface area is 124 Å². The largest absolute Gasteiger partial charge is 0.395 e. The Morgan fingerprint density at radius 2 is 2.48 bits per heavy atom. The molecule has 0 saturated carbocycles. The zero-order valence-corrected chi connectivity index (χ0v) is 12.2. The van der Waals surface area contributed by atoms with Gasteiger partial charge in [-0.15, -0.1) is 0 Å². The molecule has 1 unspecified atom stereocenters. The third kappa shape index (κ3) is 4.28. The Hall–Kier alpha value is -1.90. The van der Waals surface area contributed by atoms with Gasteiger partial charge in [-0.2, -0.15) is 0 Å². The normalized spacial score (nSPS) is 20.7. The van der Waals surface area contributed by atoms with Crippen molar-refractivity contribution < 1.29 is 14.6 Å². The molecule has 0 spiro atoms. The Bertz CT molecular complexity index is 554. The van der Waals surface area contributed by atoms with Gasteiger partial charge in [0.25, 0.3) is 5.91 Å². The minimum atomic E-state index is -0.285. The zero-order valence-electron chi connectivity index (χ0n) is 12.2. The van der Waals surface area contributed by atoms with E-state index >= 15 is 0 Å². The summed E-state index contributed by atoms with van der Waals surface area (Å²) in [6.45, 7) is 3.21. The van der Waals surface area contributed by atoms with Crippen LogP contribution in [-0.2, 0) is 4.74 Å². The van der Waals surface area contributed by atoms with Gasteiger partial charge in [0.2, 0.25) is 0 Å². The molecule has 0 bridgehead atoms. The van der Waals surface area contributed by atoms with E-state index in [-0.39, 0.29) is 18.1 Å². The second-order valence-corrected chi connectivity index (χ2v) is 5.26. The lowest BCUT2D eigenvalue weighted by molar-refractivity contribution is 0.0205. The first-order valence-corrected chi connectivity index (χ1v) is 7.11. The Morgan fingerprint density at radius 1 is 1.62 bits per heavy atom. The van der Waals surface area contributed by atoms with Gasteiger partial charge in [-0.25, -0.2) is 4.98 Å². The highest BCUT2D eigenvalue weighted by molar-refractivity contribution is 5.94. The van der Waals surface area contributed by atoms with Crippen LogP contribution >= 0.6 is 0 Å². The fraction of sp³-hybridized carbons (Fsp3) is 0.500. The van der Waals surface area contributed by atoms with Crippen molar-refractivity contribution in [3.63, 3.8) is 0 Å². The van der Waals surface area contributed by atoms with Crippen LogP contribution in [0, 0.1) is 11.8 Å². The van der Waals surface area contributed by atoms with Crippen molar-refractivity contribution in [2.75, 3.05) is 19.8 Å². The molecule has 2 heterocycles. The van der Waals surface area contributed by atoms with E-state index < -0.39 is 0 Å². The molecule has 2 N–H and O–H groups in total. The van der Waals surface area contributed by atoms with Gasteiger partial charge in [-0.1, -0.05) is 11.8 Å². The SMILES string of the molecule is CC1(CNC(=O)c2ncccc2C#CCCO)CCCO1. The number of rotatable bonds is 4. The number of aliphatic hydroxyl groups is 1. The summed E-state index contributed by atoms with van der Waals surface area (Å²) < 4.78 is 5.65. The van der Waals surface area contributed by atoms with E-state index in [1.807, 2.05) is 6.92 Å². The monoisotopic (exact) mass is 288 g/mol. The predicted octanol–water partition coefficient (Wildman–Crippen LogP) is 1.11. The third-order valence-electron chi connectivity index (χ3n) is 3.41. The highest BCUT2D eigenvalue weighted by Crippen LogP contribution is 2.23. The lowest BCUT2D eigenvalue weighted by Gasteiger charge is -2.23. The predicted molar refractivity (Wildman–Crippen MR) is 78.7 cm³/mol. The van der Waals surface area contributed by atoms with Gasteiger partial charge in [0.1, 0.15) is 5.69 Å². The fourth-order valence-corrected chi connectivity index (χ4v) is 2.23. The average Bonchev–Trinajstić information content (AvgIpc) is 2.93. The summed E-state index contributed by atoms with van der Waals surface area (Å²) in [5.41, 5.74) is 0.596. The summed E-state index contributed by atoms with van der Waals surface area (Å²) >= 11 is 0. The van der Waals surface area contributed by atoms with Crippen LogP contribution in [0.5, 0.6) is 0 Å². The summed E-state index contributed by atoms with van der Waals surface area (Å²) in [6, 6.07) is 3.49. The number of carbonyl (C=O) groups is 1. The number of hydrogen-bond acceptors (Lipinski definition) is 4. The smallest absolute Gasteiger partial charge is 0.271 e. The van der Waals surface area contributed by atoms with E-state index in [1.165, 1.54) is 0 Å². The first-order chi connectivity index (χ1) is 10.1. The second kappa shape index (κ2) is 7.21. The van der Waals surface area contributed by atoms with E-state index in [0.717, 1.165) is 19.4 Å². The molecule has 1 saturated heterocycles. The van der Waals surface area contributed by atoms with E-state index in [4.69, 9.17) is 9.84 Å². The van der Waals surface area contributed by atoms with Gasteiger partial charge in [0.05, 0.1) is 17.8 Å². The van der Waals surface area contributed by atoms with Crippen LogP contribution in [0.15, 0.2) is 18.3 Å². The molecule has 1 fully saturated rings. The summed E-state index contributed by atoms with van der Waals surface area (Å²) in [5, 5.41) is 11.6. The number of pyridine rings is 1. The zero-order chi connectivity index (χ0) is 15.1. The van der Waals surface area contributed by atoms with Crippen molar-refractivity contribution in [3.8, 4) is 11.8 Å². The first kappa shape index (κ1) is 15.5.